The summed E-state index contributed by atoms with van der Waals surface area (Å²) in [6.45, 7) is 0.768. The molecular weight excluding hydrogens is 262 g/mol. The molecule has 4 heteroatoms. The minimum absolute atomic E-state index is 0.0501. The van der Waals surface area contributed by atoms with Gasteiger partial charge in [-0.2, -0.15) is 5.10 Å². The molecule has 1 aromatic heterocycles. The zero-order chi connectivity index (χ0) is 14.2. The second-order valence-electron chi connectivity index (χ2n) is 5.33. The van der Waals surface area contributed by atoms with Gasteiger partial charge in [0.2, 0.25) is 0 Å². The maximum absolute atomic E-state index is 13.0. The summed E-state index contributed by atoms with van der Waals surface area (Å²) in [5.74, 6) is 0.0501. The number of benzene rings is 2. The average molecular weight is 277 g/mol. The van der Waals surface area contributed by atoms with Gasteiger partial charge >= 0.3 is 0 Å². The minimum Gasteiger partial charge on any atom is -0.308 e. The zero-order valence-corrected chi connectivity index (χ0v) is 11.5. The van der Waals surface area contributed by atoms with Crippen LogP contribution in [0, 0.1) is 0 Å². The molecule has 0 bridgehead atoms. The highest BCUT2D eigenvalue weighted by Gasteiger charge is 2.24. The maximum atomic E-state index is 13.0. The van der Waals surface area contributed by atoms with Crippen LogP contribution in [-0.2, 0) is 6.42 Å². The predicted molar refractivity (Wildman–Crippen MR) is 82.5 cm³/mol. The Labute approximate surface area is 122 Å². The first-order valence-corrected chi connectivity index (χ1v) is 7.16. The fraction of sp³-hybridized carbons (Fsp3) is 0.176. The van der Waals surface area contributed by atoms with Crippen LogP contribution < -0.4 is 4.90 Å². The van der Waals surface area contributed by atoms with Gasteiger partial charge < -0.3 is 4.90 Å². The number of amides is 1. The normalized spacial score (nSPS) is 14.2. The summed E-state index contributed by atoms with van der Waals surface area (Å²) in [6.07, 6.45) is 3.76. The van der Waals surface area contributed by atoms with Gasteiger partial charge in [0, 0.05) is 17.6 Å². The third-order valence-electron chi connectivity index (χ3n) is 4.07. The largest absolute Gasteiger partial charge is 0.308 e. The van der Waals surface area contributed by atoms with Crippen molar-refractivity contribution in [3.8, 4) is 0 Å². The van der Waals surface area contributed by atoms with Gasteiger partial charge in [0.15, 0.2) is 0 Å². The van der Waals surface area contributed by atoms with E-state index in [0.717, 1.165) is 36.0 Å². The lowest BCUT2D eigenvalue weighted by Crippen LogP contribution is -2.35. The fourth-order valence-corrected chi connectivity index (χ4v) is 3.04. The Balaban J connectivity index is 1.81. The van der Waals surface area contributed by atoms with E-state index in [1.54, 1.807) is 6.20 Å². The molecule has 0 atom stereocenters. The van der Waals surface area contributed by atoms with Gasteiger partial charge in [0.05, 0.1) is 17.3 Å². The first-order valence-electron chi connectivity index (χ1n) is 7.16. The SMILES string of the molecule is O=C(c1cccc2[nH]ncc12)N1CCCc2ccccc21. The number of aryl methyl sites for hydroxylation is 1. The Kier molecular flexibility index (Phi) is 2.74. The maximum Gasteiger partial charge on any atom is 0.259 e. The number of fused-ring (bicyclic) bond motifs is 2. The highest BCUT2D eigenvalue weighted by atomic mass is 16.2. The summed E-state index contributed by atoms with van der Waals surface area (Å²) in [5, 5.41) is 7.83. The van der Waals surface area contributed by atoms with E-state index in [2.05, 4.69) is 16.3 Å². The molecule has 0 saturated heterocycles. The lowest BCUT2D eigenvalue weighted by atomic mass is 10.00. The molecule has 104 valence electrons. The number of nitrogens with one attached hydrogen (secondary N) is 1. The molecule has 1 aliphatic heterocycles. The lowest BCUT2D eigenvalue weighted by Gasteiger charge is -2.29. The Hall–Kier alpha value is -2.62. The van der Waals surface area contributed by atoms with Crippen LogP contribution in [0.25, 0.3) is 10.9 Å². The van der Waals surface area contributed by atoms with Crippen LogP contribution in [0.1, 0.15) is 22.3 Å². The van der Waals surface area contributed by atoms with Gasteiger partial charge in [0.1, 0.15) is 0 Å². The molecule has 1 aliphatic rings. The quantitative estimate of drug-likeness (QED) is 0.742. The molecule has 0 spiro atoms. The van der Waals surface area contributed by atoms with Gasteiger partial charge in [-0.15, -0.1) is 0 Å². The molecule has 1 amide bonds. The van der Waals surface area contributed by atoms with Crippen LogP contribution in [0.15, 0.2) is 48.7 Å². The van der Waals surface area contributed by atoms with Crippen molar-refractivity contribution in [2.24, 2.45) is 0 Å². The van der Waals surface area contributed by atoms with E-state index in [9.17, 15) is 4.79 Å². The Morgan fingerprint density at radius 2 is 2.05 bits per heavy atom. The van der Waals surface area contributed by atoms with E-state index in [1.807, 2.05) is 41.3 Å². The zero-order valence-electron chi connectivity index (χ0n) is 11.5. The molecule has 1 N–H and O–H groups in total. The van der Waals surface area contributed by atoms with Crippen molar-refractivity contribution in [3.05, 3.63) is 59.8 Å². The summed E-state index contributed by atoms with van der Waals surface area (Å²) in [5.41, 5.74) is 3.88. The lowest BCUT2D eigenvalue weighted by molar-refractivity contribution is 0.0986. The number of para-hydroxylation sites is 1. The monoisotopic (exact) mass is 277 g/mol. The van der Waals surface area contributed by atoms with Crippen molar-refractivity contribution in [3.63, 3.8) is 0 Å². The Bertz CT molecular complexity index is 822. The molecular formula is C17H15N3O. The number of hydrogen-bond donors (Lipinski definition) is 1. The van der Waals surface area contributed by atoms with Crippen LogP contribution in [0.2, 0.25) is 0 Å². The number of aromatic amines is 1. The van der Waals surface area contributed by atoms with E-state index < -0.39 is 0 Å². The van der Waals surface area contributed by atoms with E-state index in [-0.39, 0.29) is 5.91 Å². The molecule has 0 saturated carbocycles. The number of anilines is 1. The molecule has 2 aromatic carbocycles. The van der Waals surface area contributed by atoms with Gasteiger partial charge in [-0.3, -0.25) is 9.89 Å². The van der Waals surface area contributed by atoms with Crippen LogP contribution >= 0.6 is 0 Å². The highest BCUT2D eigenvalue weighted by Crippen LogP contribution is 2.29. The summed E-state index contributed by atoms with van der Waals surface area (Å²) >= 11 is 0. The summed E-state index contributed by atoms with van der Waals surface area (Å²) in [7, 11) is 0. The first kappa shape index (κ1) is 12.1. The van der Waals surface area contributed by atoms with Crippen molar-refractivity contribution < 1.29 is 4.79 Å². The molecule has 0 aliphatic carbocycles. The molecule has 0 radical (unpaired) electrons. The van der Waals surface area contributed by atoms with Crippen LogP contribution in [0.4, 0.5) is 5.69 Å². The number of nitrogens with zero attached hydrogens (tertiary/aromatic N) is 2. The van der Waals surface area contributed by atoms with Gasteiger partial charge in [-0.05, 0) is 36.6 Å². The molecule has 4 rings (SSSR count). The average Bonchev–Trinajstić information content (AvgIpc) is 3.02. The van der Waals surface area contributed by atoms with Gasteiger partial charge in [-0.1, -0.05) is 24.3 Å². The van der Waals surface area contributed by atoms with Crippen molar-refractivity contribution in [2.45, 2.75) is 12.8 Å². The second kappa shape index (κ2) is 4.74. The number of aromatic nitrogens is 2. The molecule has 0 fully saturated rings. The van der Waals surface area contributed by atoms with Crippen LogP contribution in [0.3, 0.4) is 0 Å². The number of H-pyrrole nitrogens is 1. The molecule has 21 heavy (non-hydrogen) atoms. The van der Waals surface area contributed by atoms with E-state index in [0.29, 0.717) is 5.56 Å². The summed E-state index contributed by atoms with van der Waals surface area (Å²) < 4.78 is 0. The third-order valence-corrected chi connectivity index (χ3v) is 4.07. The summed E-state index contributed by atoms with van der Waals surface area (Å²) in [6, 6.07) is 13.9. The molecule has 0 unspecified atom stereocenters. The standard InChI is InChI=1S/C17H15N3O/c21-17(13-7-3-8-15-14(13)11-18-19-15)20-10-4-6-12-5-1-2-9-16(12)20/h1-3,5,7-9,11H,4,6,10H2,(H,18,19). The predicted octanol–water partition coefficient (Wildman–Crippen LogP) is 3.16. The van der Waals surface area contributed by atoms with Crippen LogP contribution in [-0.4, -0.2) is 22.6 Å². The van der Waals surface area contributed by atoms with Crippen molar-refractivity contribution in [1.29, 1.82) is 0 Å². The minimum atomic E-state index is 0.0501. The van der Waals surface area contributed by atoms with E-state index in [4.69, 9.17) is 0 Å². The Morgan fingerprint density at radius 3 is 3.00 bits per heavy atom. The Morgan fingerprint density at radius 1 is 1.14 bits per heavy atom. The molecule has 3 aromatic rings. The number of carbonyl (C=O) groups is 1. The van der Waals surface area contributed by atoms with Crippen molar-refractivity contribution in [1.82, 2.24) is 10.2 Å². The van der Waals surface area contributed by atoms with Gasteiger partial charge in [0.25, 0.3) is 5.91 Å². The smallest absolute Gasteiger partial charge is 0.259 e. The van der Waals surface area contributed by atoms with Crippen molar-refractivity contribution in [2.75, 3.05) is 11.4 Å². The number of hydrogen-bond acceptors (Lipinski definition) is 2. The van der Waals surface area contributed by atoms with Crippen LogP contribution in [0.5, 0.6) is 0 Å². The fourth-order valence-electron chi connectivity index (χ4n) is 3.04. The second-order valence-corrected chi connectivity index (χ2v) is 5.33. The first-order chi connectivity index (χ1) is 10.3. The topological polar surface area (TPSA) is 49.0 Å². The number of carbonyl (C=O) groups excluding carboxylic acids is 1. The number of rotatable bonds is 1. The highest BCUT2D eigenvalue weighted by molar-refractivity contribution is 6.13. The van der Waals surface area contributed by atoms with Gasteiger partial charge in [-0.25, -0.2) is 0 Å². The molecule has 4 nitrogen and oxygen atoms in total. The molecule has 2 heterocycles. The summed E-state index contributed by atoms with van der Waals surface area (Å²) in [4.78, 5) is 14.8. The van der Waals surface area contributed by atoms with Crippen molar-refractivity contribution >= 4 is 22.5 Å². The van der Waals surface area contributed by atoms with E-state index >= 15 is 0 Å². The van der Waals surface area contributed by atoms with E-state index in [1.165, 1.54) is 5.56 Å². The third kappa shape index (κ3) is 1.91.